The highest BCUT2D eigenvalue weighted by atomic mass is 16.6. The van der Waals surface area contributed by atoms with Crippen molar-refractivity contribution in [3.8, 4) is 0 Å². The number of hydrogen-bond donors (Lipinski definition) is 1. The van der Waals surface area contributed by atoms with Gasteiger partial charge in [0.1, 0.15) is 0 Å². The molecule has 1 aliphatic heterocycles. The first kappa shape index (κ1) is 8.02. The molecule has 1 N–H and O–H groups in total. The highest BCUT2D eigenvalue weighted by Crippen LogP contribution is 2.31. The lowest BCUT2D eigenvalue weighted by Gasteiger charge is -2.12. The summed E-state index contributed by atoms with van der Waals surface area (Å²) in [5.74, 6) is 0.796. The number of rotatable bonds is 1. The van der Waals surface area contributed by atoms with E-state index in [1.807, 2.05) is 6.92 Å². The van der Waals surface area contributed by atoms with Gasteiger partial charge in [-0.3, -0.25) is 0 Å². The molecule has 60 valence electrons. The Morgan fingerprint density at radius 2 is 1.90 bits per heavy atom. The smallest absolute Gasteiger partial charge is 0.157 e. The third-order valence-electron chi connectivity index (χ3n) is 2.58. The fourth-order valence-corrected chi connectivity index (χ4v) is 1.49. The highest BCUT2D eigenvalue weighted by Gasteiger charge is 2.36. The van der Waals surface area contributed by atoms with E-state index in [0.29, 0.717) is 11.8 Å². The first-order valence-electron chi connectivity index (χ1n) is 4.00. The summed E-state index contributed by atoms with van der Waals surface area (Å²) in [4.78, 5) is 0. The standard InChI is InChI=1S/C8H16O2/c1-4-7-5(2)6(3)8(9)10-7/h5-9H,4H2,1-3H3/t5?,6?,7-,8-/m0/s1. The first-order valence-corrected chi connectivity index (χ1v) is 4.00. The Bertz CT molecular complexity index is 114. The number of hydrogen-bond acceptors (Lipinski definition) is 2. The Balaban J connectivity index is 2.53. The zero-order valence-electron chi connectivity index (χ0n) is 6.87. The second kappa shape index (κ2) is 2.89. The molecular formula is C8H16O2. The zero-order chi connectivity index (χ0) is 7.72. The molecule has 4 atom stereocenters. The Hall–Kier alpha value is -0.0800. The van der Waals surface area contributed by atoms with Crippen LogP contribution in [0.3, 0.4) is 0 Å². The van der Waals surface area contributed by atoms with Crippen molar-refractivity contribution in [2.45, 2.75) is 39.6 Å². The minimum absolute atomic E-state index is 0.269. The lowest BCUT2D eigenvalue weighted by atomic mass is 9.92. The molecule has 0 aliphatic carbocycles. The van der Waals surface area contributed by atoms with Crippen molar-refractivity contribution in [3.63, 3.8) is 0 Å². The van der Waals surface area contributed by atoms with Crippen LogP contribution in [0, 0.1) is 11.8 Å². The molecule has 2 unspecified atom stereocenters. The molecule has 10 heavy (non-hydrogen) atoms. The average Bonchev–Trinajstić information content (AvgIpc) is 2.17. The van der Waals surface area contributed by atoms with Gasteiger partial charge in [0.2, 0.25) is 0 Å². The maximum atomic E-state index is 9.25. The molecule has 0 aromatic carbocycles. The molecule has 0 bridgehead atoms. The van der Waals surface area contributed by atoms with Gasteiger partial charge in [-0.25, -0.2) is 0 Å². The number of ether oxygens (including phenoxy) is 1. The van der Waals surface area contributed by atoms with Crippen molar-refractivity contribution < 1.29 is 9.84 Å². The van der Waals surface area contributed by atoms with Gasteiger partial charge in [0.15, 0.2) is 6.29 Å². The van der Waals surface area contributed by atoms with Crippen molar-refractivity contribution in [2.24, 2.45) is 11.8 Å². The third-order valence-corrected chi connectivity index (χ3v) is 2.58. The van der Waals surface area contributed by atoms with Gasteiger partial charge in [-0.05, 0) is 12.3 Å². The zero-order valence-corrected chi connectivity index (χ0v) is 6.87. The first-order chi connectivity index (χ1) is 4.66. The van der Waals surface area contributed by atoms with E-state index in [0.717, 1.165) is 6.42 Å². The number of aliphatic hydroxyl groups excluding tert-OH is 1. The van der Waals surface area contributed by atoms with Crippen LogP contribution in [0.2, 0.25) is 0 Å². The van der Waals surface area contributed by atoms with Gasteiger partial charge in [-0.15, -0.1) is 0 Å². The fourth-order valence-electron chi connectivity index (χ4n) is 1.49. The van der Waals surface area contributed by atoms with Crippen molar-refractivity contribution in [1.29, 1.82) is 0 Å². The van der Waals surface area contributed by atoms with Crippen LogP contribution in [0.4, 0.5) is 0 Å². The lowest BCUT2D eigenvalue weighted by Crippen LogP contribution is -2.15. The SMILES string of the molecule is CC[C@@H]1O[C@H](O)C(C)C1C. The van der Waals surface area contributed by atoms with Gasteiger partial charge >= 0.3 is 0 Å². The van der Waals surface area contributed by atoms with Crippen LogP contribution in [0.1, 0.15) is 27.2 Å². The van der Waals surface area contributed by atoms with Crippen LogP contribution in [-0.2, 0) is 4.74 Å². The molecule has 1 fully saturated rings. The average molecular weight is 144 g/mol. The van der Waals surface area contributed by atoms with E-state index in [2.05, 4.69) is 13.8 Å². The molecular weight excluding hydrogens is 128 g/mol. The molecule has 2 heteroatoms. The summed E-state index contributed by atoms with van der Waals surface area (Å²) in [6.07, 6.45) is 0.743. The summed E-state index contributed by atoms with van der Waals surface area (Å²) < 4.78 is 5.29. The van der Waals surface area contributed by atoms with E-state index in [1.54, 1.807) is 0 Å². The van der Waals surface area contributed by atoms with Crippen molar-refractivity contribution in [2.75, 3.05) is 0 Å². The predicted molar refractivity (Wildman–Crippen MR) is 39.5 cm³/mol. The van der Waals surface area contributed by atoms with Crippen LogP contribution in [0.5, 0.6) is 0 Å². The van der Waals surface area contributed by atoms with Crippen molar-refractivity contribution in [1.82, 2.24) is 0 Å². The van der Waals surface area contributed by atoms with Gasteiger partial charge in [0.05, 0.1) is 6.10 Å². The van der Waals surface area contributed by atoms with Crippen LogP contribution in [-0.4, -0.2) is 17.5 Å². The minimum Gasteiger partial charge on any atom is -0.368 e. The predicted octanol–water partition coefficient (Wildman–Crippen LogP) is 1.39. The van der Waals surface area contributed by atoms with E-state index in [9.17, 15) is 5.11 Å². The van der Waals surface area contributed by atoms with Crippen LogP contribution in [0.15, 0.2) is 0 Å². The molecule has 1 saturated heterocycles. The summed E-state index contributed by atoms with van der Waals surface area (Å²) in [7, 11) is 0. The van der Waals surface area contributed by atoms with E-state index >= 15 is 0 Å². The molecule has 1 rings (SSSR count). The van der Waals surface area contributed by atoms with Gasteiger partial charge in [-0.2, -0.15) is 0 Å². The second-order valence-corrected chi connectivity index (χ2v) is 3.19. The molecule has 0 aromatic rings. The van der Waals surface area contributed by atoms with Gasteiger partial charge in [-0.1, -0.05) is 20.8 Å². The van der Waals surface area contributed by atoms with E-state index < -0.39 is 6.29 Å². The van der Waals surface area contributed by atoms with Crippen molar-refractivity contribution in [3.05, 3.63) is 0 Å². The normalized spacial score (nSPS) is 48.0. The molecule has 1 aliphatic rings. The van der Waals surface area contributed by atoms with Crippen LogP contribution in [0.25, 0.3) is 0 Å². The Morgan fingerprint density at radius 3 is 2.10 bits per heavy atom. The van der Waals surface area contributed by atoms with Crippen LogP contribution < -0.4 is 0 Å². The van der Waals surface area contributed by atoms with Gasteiger partial charge < -0.3 is 9.84 Å². The topological polar surface area (TPSA) is 29.5 Å². The quantitative estimate of drug-likeness (QED) is 0.602. The molecule has 0 aromatic heterocycles. The lowest BCUT2D eigenvalue weighted by molar-refractivity contribution is -0.106. The molecule has 2 nitrogen and oxygen atoms in total. The molecule has 0 saturated carbocycles. The third kappa shape index (κ3) is 1.18. The van der Waals surface area contributed by atoms with E-state index in [4.69, 9.17) is 4.74 Å². The maximum Gasteiger partial charge on any atom is 0.157 e. The maximum absolute atomic E-state index is 9.25. The Morgan fingerprint density at radius 1 is 1.30 bits per heavy atom. The highest BCUT2D eigenvalue weighted by molar-refractivity contribution is 4.79. The Kier molecular flexibility index (Phi) is 2.32. The van der Waals surface area contributed by atoms with Gasteiger partial charge in [0, 0.05) is 5.92 Å². The molecule has 0 amide bonds. The van der Waals surface area contributed by atoms with Crippen LogP contribution >= 0.6 is 0 Å². The molecule has 0 radical (unpaired) electrons. The summed E-state index contributed by atoms with van der Waals surface area (Å²) >= 11 is 0. The monoisotopic (exact) mass is 144 g/mol. The largest absolute Gasteiger partial charge is 0.368 e. The van der Waals surface area contributed by atoms with E-state index in [1.165, 1.54) is 0 Å². The second-order valence-electron chi connectivity index (χ2n) is 3.19. The molecule has 1 heterocycles. The molecule has 0 spiro atoms. The summed E-state index contributed by atoms with van der Waals surface area (Å²) in [6.45, 7) is 6.26. The Labute approximate surface area is 62.2 Å². The fraction of sp³-hybridized carbons (Fsp3) is 1.00. The summed E-state index contributed by atoms with van der Waals surface area (Å²) in [6, 6.07) is 0. The number of aliphatic hydroxyl groups is 1. The summed E-state index contributed by atoms with van der Waals surface area (Å²) in [5, 5.41) is 9.25. The van der Waals surface area contributed by atoms with Crippen molar-refractivity contribution >= 4 is 0 Å². The van der Waals surface area contributed by atoms with E-state index in [-0.39, 0.29) is 6.10 Å². The summed E-state index contributed by atoms with van der Waals surface area (Å²) in [5.41, 5.74) is 0. The minimum atomic E-state index is -0.528. The van der Waals surface area contributed by atoms with Gasteiger partial charge in [0.25, 0.3) is 0 Å².